The standard InChI is InChI=1S/C25H32FN3OS.ClH/c1-28(25-27-24-6-3-2-5-21(24)19-31-25)23-11-15-29(16-12-23)14-4-17-30-18-13-20-7-9-22(26)10-8-20;/h2-3,5-10,23H,4,11-19H2,1H3;1H. The Bertz CT molecular complexity index is 872. The highest BCUT2D eigenvalue weighted by Crippen LogP contribution is 2.32. The Hall–Kier alpha value is -1.60. The van der Waals surface area contributed by atoms with Crippen LogP contribution in [0.15, 0.2) is 53.5 Å². The van der Waals surface area contributed by atoms with Crippen molar-refractivity contribution in [2.45, 2.75) is 37.5 Å². The SMILES string of the molecule is CN(C1=Nc2ccccc2CS1)C1CCN(CCCOCCc2ccc(F)cc2)CC1.Cl. The Labute approximate surface area is 201 Å². The Balaban J connectivity index is 0.00000289. The monoisotopic (exact) mass is 477 g/mol. The molecule has 0 aliphatic carbocycles. The highest BCUT2D eigenvalue weighted by Gasteiger charge is 2.26. The molecule has 0 bridgehead atoms. The van der Waals surface area contributed by atoms with Crippen molar-refractivity contribution < 1.29 is 9.13 Å². The van der Waals surface area contributed by atoms with E-state index < -0.39 is 0 Å². The minimum absolute atomic E-state index is 0. The number of hydrogen-bond acceptors (Lipinski definition) is 5. The van der Waals surface area contributed by atoms with E-state index >= 15 is 0 Å². The number of fused-ring (bicyclic) bond motifs is 1. The van der Waals surface area contributed by atoms with Crippen molar-refractivity contribution in [3.63, 3.8) is 0 Å². The summed E-state index contributed by atoms with van der Waals surface area (Å²) in [6.45, 7) is 4.85. The molecule has 0 N–H and O–H groups in total. The molecule has 7 heteroatoms. The molecule has 2 aromatic carbocycles. The van der Waals surface area contributed by atoms with Crippen LogP contribution in [-0.2, 0) is 16.9 Å². The number of piperidine rings is 1. The molecule has 1 saturated heterocycles. The van der Waals surface area contributed by atoms with Crippen molar-refractivity contribution >= 4 is 35.0 Å². The van der Waals surface area contributed by atoms with Crippen LogP contribution in [0.4, 0.5) is 10.1 Å². The summed E-state index contributed by atoms with van der Waals surface area (Å²) in [5, 5.41) is 1.16. The molecule has 0 atom stereocenters. The van der Waals surface area contributed by atoms with Gasteiger partial charge in [0, 0.05) is 45.1 Å². The first-order valence-electron chi connectivity index (χ1n) is 11.3. The predicted octanol–water partition coefficient (Wildman–Crippen LogP) is 5.53. The molecule has 0 aromatic heterocycles. The third kappa shape index (κ3) is 6.95. The van der Waals surface area contributed by atoms with Crippen molar-refractivity contribution in [3.8, 4) is 0 Å². The third-order valence-electron chi connectivity index (χ3n) is 6.18. The van der Waals surface area contributed by atoms with Crippen LogP contribution < -0.4 is 0 Å². The molecule has 4 rings (SSSR count). The number of para-hydroxylation sites is 1. The molecule has 1 fully saturated rings. The van der Waals surface area contributed by atoms with E-state index in [1.54, 1.807) is 0 Å². The van der Waals surface area contributed by atoms with Gasteiger partial charge in [-0.2, -0.15) is 0 Å². The average molecular weight is 478 g/mol. The fourth-order valence-electron chi connectivity index (χ4n) is 4.22. The van der Waals surface area contributed by atoms with Gasteiger partial charge in [-0.15, -0.1) is 12.4 Å². The van der Waals surface area contributed by atoms with Crippen molar-refractivity contribution in [2.75, 3.05) is 39.9 Å². The second kappa shape index (κ2) is 12.6. The molecule has 0 unspecified atom stereocenters. The number of benzene rings is 2. The lowest BCUT2D eigenvalue weighted by Gasteiger charge is -2.38. The summed E-state index contributed by atoms with van der Waals surface area (Å²) in [5.41, 5.74) is 3.58. The molecule has 0 amide bonds. The zero-order chi connectivity index (χ0) is 21.5. The Kier molecular flexibility index (Phi) is 9.85. The number of likely N-dealkylation sites (tertiary alicyclic amines) is 1. The highest BCUT2D eigenvalue weighted by molar-refractivity contribution is 8.13. The smallest absolute Gasteiger partial charge is 0.164 e. The van der Waals surface area contributed by atoms with E-state index in [1.807, 2.05) is 23.9 Å². The Morgan fingerprint density at radius 3 is 2.62 bits per heavy atom. The van der Waals surface area contributed by atoms with Crippen molar-refractivity contribution in [1.29, 1.82) is 0 Å². The number of aliphatic imine (C=N–C) groups is 1. The second-order valence-corrected chi connectivity index (χ2v) is 9.28. The first-order chi connectivity index (χ1) is 15.2. The van der Waals surface area contributed by atoms with E-state index in [9.17, 15) is 4.39 Å². The number of nitrogens with zero attached hydrogens (tertiary/aromatic N) is 3. The van der Waals surface area contributed by atoms with Gasteiger partial charge >= 0.3 is 0 Å². The fourth-order valence-corrected chi connectivity index (χ4v) is 5.26. The number of amidine groups is 1. The highest BCUT2D eigenvalue weighted by atomic mass is 35.5. The fraction of sp³-hybridized carbons (Fsp3) is 0.480. The Morgan fingerprint density at radius 2 is 1.84 bits per heavy atom. The molecule has 0 spiro atoms. The molecule has 32 heavy (non-hydrogen) atoms. The van der Waals surface area contributed by atoms with Crippen LogP contribution in [0, 0.1) is 5.82 Å². The number of rotatable bonds is 8. The van der Waals surface area contributed by atoms with Gasteiger partial charge in [-0.3, -0.25) is 0 Å². The normalized spacial score (nSPS) is 16.8. The third-order valence-corrected chi connectivity index (χ3v) is 7.28. The predicted molar refractivity (Wildman–Crippen MR) is 135 cm³/mol. The maximum absolute atomic E-state index is 12.9. The number of thioether (sulfide) groups is 1. The topological polar surface area (TPSA) is 28.1 Å². The first kappa shape index (κ1) is 25.0. The van der Waals surface area contributed by atoms with Crippen molar-refractivity contribution in [1.82, 2.24) is 9.80 Å². The molecule has 0 radical (unpaired) electrons. The number of halogens is 2. The molecule has 2 aliphatic rings. The van der Waals surface area contributed by atoms with Gasteiger partial charge in [0.25, 0.3) is 0 Å². The zero-order valence-electron chi connectivity index (χ0n) is 18.7. The molecular formula is C25H33ClFN3OS. The van der Waals surface area contributed by atoms with E-state index in [0.29, 0.717) is 12.6 Å². The lowest BCUT2D eigenvalue weighted by molar-refractivity contribution is 0.111. The van der Waals surface area contributed by atoms with Crippen LogP contribution in [0.3, 0.4) is 0 Å². The molecule has 2 aromatic rings. The summed E-state index contributed by atoms with van der Waals surface area (Å²) < 4.78 is 18.7. The summed E-state index contributed by atoms with van der Waals surface area (Å²) in [5.74, 6) is 0.828. The van der Waals surface area contributed by atoms with Crippen LogP contribution in [0.5, 0.6) is 0 Å². The van der Waals surface area contributed by atoms with Gasteiger partial charge in [0.05, 0.1) is 12.3 Å². The Morgan fingerprint density at radius 1 is 1.09 bits per heavy atom. The minimum Gasteiger partial charge on any atom is -0.381 e. The lowest BCUT2D eigenvalue weighted by atomic mass is 10.0. The molecule has 2 aliphatic heterocycles. The summed E-state index contributed by atoms with van der Waals surface area (Å²) in [4.78, 5) is 9.85. The van der Waals surface area contributed by atoms with Crippen LogP contribution in [0.25, 0.3) is 0 Å². The van der Waals surface area contributed by atoms with Crippen molar-refractivity contribution in [2.24, 2.45) is 4.99 Å². The van der Waals surface area contributed by atoms with Gasteiger partial charge < -0.3 is 14.5 Å². The summed E-state index contributed by atoms with van der Waals surface area (Å²) in [6, 6.07) is 15.7. The van der Waals surface area contributed by atoms with Gasteiger partial charge in [0.2, 0.25) is 0 Å². The summed E-state index contributed by atoms with van der Waals surface area (Å²) >= 11 is 1.86. The first-order valence-corrected chi connectivity index (χ1v) is 12.2. The largest absolute Gasteiger partial charge is 0.381 e. The lowest BCUT2D eigenvalue weighted by Crippen LogP contribution is -2.45. The van der Waals surface area contributed by atoms with Crippen molar-refractivity contribution in [3.05, 3.63) is 65.5 Å². The minimum atomic E-state index is -0.185. The second-order valence-electron chi connectivity index (χ2n) is 8.34. The molecule has 174 valence electrons. The molecule has 0 saturated carbocycles. The van der Waals surface area contributed by atoms with E-state index in [-0.39, 0.29) is 18.2 Å². The van der Waals surface area contributed by atoms with Crippen LogP contribution in [-0.4, -0.2) is 60.9 Å². The van der Waals surface area contributed by atoms with Gasteiger partial charge in [-0.1, -0.05) is 42.1 Å². The molecular weight excluding hydrogens is 445 g/mol. The van der Waals surface area contributed by atoms with Crippen LogP contribution >= 0.6 is 24.2 Å². The van der Waals surface area contributed by atoms with Gasteiger partial charge in [-0.05, 0) is 55.0 Å². The van der Waals surface area contributed by atoms with E-state index in [1.165, 1.54) is 30.5 Å². The van der Waals surface area contributed by atoms with Gasteiger partial charge in [0.15, 0.2) is 5.17 Å². The van der Waals surface area contributed by atoms with Gasteiger partial charge in [0.1, 0.15) is 5.82 Å². The maximum Gasteiger partial charge on any atom is 0.164 e. The molecule has 4 nitrogen and oxygen atoms in total. The number of ether oxygens (including phenoxy) is 1. The summed E-state index contributed by atoms with van der Waals surface area (Å²) in [7, 11) is 2.20. The average Bonchev–Trinajstić information content (AvgIpc) is 2.82. The maximum atomic E-state index is 12.9. The van der Waals surface area contributed by atoms with Crippen LogP contribution in [0.1, 0.15) is 30.4 Å². The van der Waals surface area contributed by atoms with E-state index in [0.717, 1.165) is 61.3 Å². The molecule has 2 heterocycles. The quantitative estimate of drug-likeness (QED) is 0.467. The number of hydrogen-bond donors (Lipinski definition) is 0. The zero-order valence-corrected chi connectivity index (χ0v) is 20.3. The van der Waals surface area contributed by atoms with E-state index in [4.69, 9.17) is 9.73 Å². The van der Waals surface area contributed by atoms with Gasteiger partial charge in [-0.25, -0.2) is 9.38 Å². The van der Waals surface area contributed by atoms with E-state index in [2.05, 4.69) is 41.1 Å². The van der Waals surface area contributed by atoms with Crippen LogP contribution in [0.2, 0.25) is 0 Å². The summed E-state index contributed by atoms with van der Waals surface area (Å²) in [6.07, 6.45) is 4.26.